The lowest BCUT2D eigenvalue weighted by molar-refractivity contribution is 0.215. The fourth-order valence-electron chi connectivity index (χ4n) is 1.30. The van der Waals surface area contributed by atoms with Crippen LogP contribution in [-0.2, 0) is 0 Å². The quantitative estimate of drug-likeness (QED) is 0.579. The van der Waals surface area contributed by atoms with E-state index in [1.807, 2.05) is 0 Å². The van der Waals surface area contributed by atoms with E-state index in [-0.39, 0.29) is 6.03 Å². The summed E-state index contributed by atoms with van der Waals surface area (Å²) in [4.78, 5) is 17.1. The summed E-state index contributed by atoms with van der Waals surface area (Å²) in [6.07, 6.45) is 6.42. The molecule has 1 aromatic rings. The van der Waals surface area contributed by atoms with Crippen LogP contribution in [0, 0.1) is 0 Å². The SMILES string of the molecule is CCCCCCSc1ncn(C(=O)N(C)C)n1. The molecule has 0 saturated heterocycles. The number of hydrogen-bond donors (Lipinski definition) is 0. The van der Waals surface area contributed by atoms with Crippen LogP contribution in [0.5, 0.6) is 0 Å². The summed E-state index contributed by atoms with van der Waals surface area (Å²) >= 11 is 1.61. The zero-order valence-electron chi connectivity index (χ0n) is 10.7. The summed E-state index contributed by atoms with van der Waals surface area (Å²) in [5, 5.41) is 4.80. The van der Waals surface area contributed by atoms with Gasteiger partial charge < -0.3 is 4.90 Å². The molecule has 1 heterocycles. The second-order valence-corrected chi connectivity index (χ2v) is 5.12. The van der Waals surface area contributed by atoms with Crippen molar-refractivity contribution < 1.29 is 4.79 Å². The number of carbonyl (C=O) groups excluding carboxylic acids is 1. The third kappa shape index (κ3) is 4.77. The molecule has 0 N–H and O–H groups in total. The average molecular weight is 256 g/mol. The van der Waals surface area contributed by atoms with Crippen LogP contribution in [0.4, 0.5) is 4.79 Å². The maximum Gasteiger partial charge on any atom is 0.345 e. The van der Waals surface area contributed by atoms with E-state index in [1.165, 1.54) is 41.6 Å². The Bertz CT molecular complexity index is 351. The lowest BCUT2D eigenvalue weighted by Gasteiger charge is -2.07. The molecule has 0 unspecified atom stereocenters. The van der Waals surface area contributed by atoms with Crippen molar-refractivity contribution in [3.8, 4) is 0 Å². The number of hydrogen-bond acceptors (Lipinski definition) is 4. The first-order valence-corrected chi connectivity index (χ1v) is 6.89. The molecule has 6 heteroatoms. The van der Waals surface area contributed by atoms with Gasteiger partial charge >= 0.3 is 6.03 Å². The average Bonchev–Trinajstić information content (AvgIpc) is 2.76. The normalized spacial score (nSPS) is 10.5. The molecule has 0 aliphatic rings. The molecular weight excluding hydrogens is 236 g/mol. The number of amides is 1. The van der Waals surface area contributed by atoms with Crippen molar-refractivity contribution >= 4 is 17.8 Å². The summed E-state index contributed by atoms with van der Waals surface area (Å²) in [6.45, 7) is 2.20. The second kappa shape index (κ2) is 7.32. The van der Waals surface area contributed by atoms with Crippen molar-refractivity contribution in [1.29, 1.82) is 0 Å². The van der Waals surface area contributed by atoms with Crippen molar-refractivity contribution in [3.05, 3.63) is 6.33 Å². The highest BCUT2D eigenvalue weighted by atomic mass is 32.2. The predicted molar refractivity (Wildman–Crippen MR) is 69.4 cm³/mol. The number of thioether (sulfide) groups is 1. The fourth-order valence-corrected chi connectivity index (χ4v) is 2.10. The summed E-state index contributed by atoms with van der Waals surface area (Å²) in [5.74, 6) is 1.01. The standard InChI is InChI=1S/C11H20N4OS/c1-4-5-6-7-8-17-10-12-9-15(13-10)11(16)14(2)3/h9H,4-8H2,1-3H3. The van der Waals surface area contributed by atoms with E-state index in [0.29, 0.717) is 5.16 Å². The number of rotatable bonds is 6. The van der Waals surface area contributed by atoms with Crippen molar-refractivity contribution in [2.24, 2.45) is 0 Å². The van der Waals surface area contributed by atoms with E-state index in [0.717, 1.165) is 5.75 Å². The minimum Gasteiger partial charge on any atom is -0.329 e. The van der Waals surface area contributed by atoms with Gasteiger partial charge in [-0.15, -0.1) is 5.10 Å². The number of carbonyl (C=O) groups is 1. The minimum absolute atomic E-state index is 0.171. The van der Waals surface area contributed by atoms with E-state index >= 15 is 0 Å². The molecule has 0 radical (unpaired) electrons. The molecule has 96 valence electrons. The topological polar surface area (TPSA) is 51.0 Å². The van der Waals surface area contributed by atoms with Crippen LogP contribution >= 0.6 is 11.8 Å². The molecule has 17 heavy (non-hydrogen) atoms. The monoisotopic (exact) mass is 256 g/mol. The van der Waals surface area contributed by atoms with Crippen LogP contribution in [-0.4, -0.2) is 45.5 Å². The van der Waals surface area contributed by atoms with E-state index in [2.05, 4.69) is 17.0 Å². The van der Waals surface area contributed by atoms with Gasteiger partial charge in [0.1, 0.15) is 6.33 Å². The van der Waals surface area contributed by atoms with Crippen LogP contribution in [0.25, 0.3) is 0 Å². The van der Waals surface area contributed by atoms with Crippen LogP contribution in [0.1, 0.15) is 32.6 Å². The summed E-state index contributed by atoms with van der Waals surface area (Å²) < 4.78 is 1.27. The van der Waals surface area contributed by atoms with Crippen LogP contribution in [0.15, 0.2) is 11.5 Å². The third-order valence-electron chi connectivity index (χ3n) is 2.28. The van der Waals surface area contributed by atoms with Gasteiger partial charge in [-0.2, -0.15) is 4.68 Å². The third-order valence-corrected chi connectivity index (χ3v) is 3.22. The van der Waals surface area contributed by atoms with Gasteiger partial charge in [0.25, 0.3) is 0 Å². The molecule has 0 bridgehead atoms. The molecule has 0 saturated carbocycles. The highest BCUT2D eigenvalue weighted by molar-refractivity contribution is 7.99. The maximum atomic E-state index is 11.6. The first kappa shape index (κ1) is 14.0. The van der Waals surface area contributed by atoms with Gasteiger partial charge in [0.15, 0.2) is 0 Å². The van der Waals surface area contributed by atoms with Gasteiger partial charge in [-0.25, -0.2) is 9.78 Å². The van der Waals surface area contributed by atoms with E-state index in [9.17, 15) is 4.79 Å². The van der Waals surface area contributed by atoms with Crippen LogP contribution in [0.3, 0.4) is 0 Å². The Labute approximate surface area is 107 Å². The Kier molecular flexibility index (Phi) is 6.04. The van der Waals surface area contributed by atoms with Gasteiger partial charge in [0.05, 0.1) is 0 Å². The van der Waals surface area contributed by atoms with Crippen molar-refractivity contribution in [2.45, 2.75) is 37.8 Å². The molecule has 0 atom stereocenters. The molecule has 1 amide bonds. The highest BCUT2D eigenvalue weighted by Gasteiger charge is 2.09. The molecule has 0 aromatic carbocycles. The summed E-state index contributed by atoms with van der Waals surface area (Å²) in [5.41, 5.74) is 0. The number of aromatic nitrogens is 3. The molecule has 0 aliphatic carbocycles. The van der Waals surface area contributed by atoms with Crippen LogP contribution in [0.2, 0.25) is 0 Å². The van der Waals surface area contributed by atoms with Gasteiger partial charge in [-0.1, -0.05) is 37.9 Å². The molecule has 5 nitrogen and oxygen atoms in total. The Morgan fingerprint density at radius 2 is 2.18 bits per heavy atom. The molecular formula is C11H20N4OS. The lowest BCUT2D eigenvalue weighted by atomic mass is 10.2. The maximum absolute atomic E-state index is 11.6. The second-order valence-electron chi connectivity index (χ2n) is 4.06. The van der Waals surface area contributed by atoms with Crippen molar-refractivity contribution in [2.75, 3.05) is 19.8 Å². The zero-order chi connectivity index (χ0) is 12.7. The number of unbranched alkanes of at least 4 members (excludes halogenated alkanes) is 3. The molecule has 1 aromatic heterocycles. The fraction of sp³-hybridized carbons (Fsp3) is 0.727. The zero-order valence-corrected chi connectivity index (χ0v) is 11.5. The largest absolute Gasteiger partial charge is 0.345 e. The highest BCUT2D eigenvalue weighted by Crippen LogP contribution is 2.14. The first-order valence-electron chi connectivity index (χ1n) is 5.91. The Morgan fingerprint density at radius 3 is 2.82 bits per heavy atom. The first-order chi connectivity index (χ1) is 8.15. The lowest BCUT2D eigenvalue weighted by Crippen LogP contribution is -2.27. The van der Waals surface area contributed by atoms with Gasteiger partial charge in [-0.3, -0.25) is 0 Å². The molecule has 0 spiro atoms. The van der Waals surface area contributed by atoms with E-state index < -0.39 is 0 Å². The number of nitrogens with zero attached hydrogens (tertiary/aromatic N) is 4. The van der Waals surface area contributed by atoms with Gasteiger partial charge in [0.2, 0.25) is 5.16 Å². The summed E-state index contributed by atoms with van der Waals surface area (Å²) in [6, 6.07) is -0.171. The Morgan fingerprint density at radius 1 is 1.41 bits per heavy atom. The van der Waals surface area contributed by atoms with Gasteiger partial charge in [-0.05, 0) is 6.42 Å². The van der Waals surface area contributed by atoms with Crippen molar-refractivity contribution in [3.63, 3.8) is 0 Å². The van der Waals surface area contributed by atoms with E-state index in [4.69, 9.17) is 0 Å². The van der Waals surface area contributed by atoms with Gasteiger partial charge in [0, 0.05) is 19.8 Å². The Balaban J connectivity index is 2.33. The smallest absolute Gasteiger partial charge is 0.329 e. The summed E-state index contributed by atoms with van der Waals surface area (Å²) in [7, 11) is 3.39. The minimum atomic E-state index is -0.171. The van der Waals surface area contributed by atoms with Crippen molar-refractivity contribution in [1.82, 2.24) is 19.7 Å². The predicted octanol–water partition coefficient (Wildman–Crippen LogP) is 2.48. The molecule has 1 rings (SSSR count). The Hall–Kier alpha value is -1.04. The van der Waals surface area contributed by atoms with Crippen LogP contribution < -0.4 is 0 Å². The van der Waals surface area contributed by atoms with E-state index in [1.54, 1.807) is 25.9 Å². The molecule has 0 aliphatic heterocycles. The molecule has 0 fully saturated rings.